The van der Waals surface area contributed by atoms with Gasteiger partial charge in [0.25, 0.3) is 0 Å². The maximum Gasteiger partial charge on any atom is 0.150 e. The zero-order chi connectivity index (χ0) is 12.4. The molecule has 0 atom stereocenters. The molecule has 2 aromatic heterocycles. The van der Waals surface area contributed by atoms with Gasteiger partial charge in [0.1, 0.15) is 11.6 Å². The first-order valence-electron chi connectivity index (χ1n) is 5.63. The Balaban J connectivity index is 1.95. The van der Waals surface area contributed by atoms with Crippen molar-refractivity contribution in [3.8, 4) is 10.7 Å². The second kappa shape index (κ2) is 4.74. The molecule has 0 radical (unpaired) electrons. The zero-order valence-electron chi connectivity index (χ0n) is 9.58. The molecule has 0 unspecified atom stereocenters. The summed E-state index contributed by atoms with van der Waals surface area (Å²) in [6.07, 6.45) is 3.62. The van der Waals surface area contributed by atoms with Crippen molar-refractivity contribution in [2.75, 3.05) is 0 Å². The van der Waals surface area contributed by atoms with Gasteiger partial charge in [-0.05, 0) is 17.5 Å². The van der Waals surface area contributed by atoms with E-state index in [9.17, 15) is 4.39 Å². The second-order valence-electron chi connectivity index (χ2n) is 3.95. The quantitative estimate of drug-likeness (QED) is 0.698. The third-order valence-corrected chi connectivity index (χ3v) is 3.62. The fourth-order valence-corrected chi connectivity index (χ4v) is 2.61. The number of hydrogen-bond donors (Lipinski definition) is 0. The molecule has 0 amide bonds. The molecule has 0 N–H and O–H groups in total. The Hall–Kier alpha value is -1.94. The summed E-state index contributed by atoms with van der Waals surface area (Å²) in [6.45, 7) is 0.500. The topological polar surface area (TPSA) is 17.8 Å². The van der Waals surface area contributed by atoms with Crippen LogP contribution in [0.4, 0.5) is 4.39 Å². The minimum absolute atomic E-state index is 0.177. The van der Waals surface area contributed by atoms with Gasteiger partial charge in [-0.2, -0.15) is 0 Å². The van der Waals surface area contributed by atoms with Crippen LogP contribution in [0.25, 0.3) is 10.7 Å². The molecule has 0 aliphatic rings. The number of nitrogens with zero attached hydrogens (tertiary/aromatic N) is 2. The van der Waals surface area contributed by atoms with Crippen LogP contribution in [0.2, 0.25) is 0 Å². The molecule has 0 aliphatic heterocycles. The summed E-state index contributed by atoms with van der Waals surface area (Å²) in [7, 11) is 0. The average molecular weight is 258 g/mol. The number of imidazole rings is 1. The van der Waals surface area contributed by atoms with Gasteiger partial charge in [-0.3, -0.25) is 0 Å². The summed E-state index contributed by atoms with van der Waals surface area (Å²) in [5, 5.41) is 2.01. The van der Waals surface area contributed by atoms with E-state index < -0.39 is 0 Å². The van der Waals surface area contributed by atoms with E-state index in [1.807, 2.05) is 34.3 Å². The predicted molar refractivity (Wildman–Crippen MR) is 71.0 cm³/mol. The minimum atomic E-state index is -0.177. The Morgan fingerprint density at radius 1 is 1.17 bits per heavy atom. The summed E-state index contributed by atoms with van der Waals surface area (Å²) in [6, 6.07) is 10.8. The first kappa shape index (κ1) is 11.2. The van der Waals surface area contributed by atoms with E-state index in [-0.39, 0.29) is 5.82 Å². The van der Waals surface area contributed by atoms with E-state index in [1.165, 1.54) is 6.07 Å². The molecule has 2 nitrogen and oxygen atoms in total. The van der Waals surface area contributed by atoms with Gasteiger partial charge in [-0.1, -0.05) is 24.3 Å². The molecule has 2 heterocycles. The van der Waals surface area contributed by atoms with Gasteiger partial charge >= 0.3 is 0 Å². The Labute approximate surface area is 108 Å². The highest BCUT2D eigenvalue weighted by atomic mass is 32.1. The Morgan fingerprint density at radius 3 is 2.83 bits per heavy atom. The van der Waals surface area contributed by atoms with Gasteiger partial charge in [0.2, 0.25) is 0 Å². The second-order valence-corrected chi connectivity index (χ2v) is 4.90. The molecule has 0 bridgehead atoms. The molecule has 1 aromatic carbocycles. The maximum absolute atomic E-state index is 13.6. The van der Waals surface area contributed by atoms with Crippen molar-refractivity contribution >= 4 is 11.3 Å². The Kier molecular flexibility index (Phi) is 2.94. The Bertz CT molecular complexity index is 643. The van der Waals surface area contributed by atoms with Crippen LogP contribution in [0.5, 0.6) is 0 Å². The number of aromatic nitrogens is 2. The highest BCUT2D eigenvalue weighted by Gasteiger charge is 2.08. The van der Waals surface area contributed by atoms with E-state index in [4.69, 9.17) is 0 Å². The normalized spacial score (nSPS) is 10.7. The lowest BCUT2D eigenvalue weighted by molar-refractivity contribution is 0.600. The monoisotopic (exact) mass is 258 g/mol. The van der Waals surface area contributed by atoms with E-state index in [2.05, 4.69) is 4.98 Å². The number of thiophene rings is 1. The van der Waals surface area contributed by atoms with Crippen LogP contribution >= 0.6 is 11.3 Å². The van der Waals surface area contributed by atoms with Crippen molar-refractivity contribution in [3.63, 3.8) is 0 Å². The third kappa shape index (κ3) is 2.07. The number of halogens is 1. The number of hydrogen-bond acceptors (Lipinski definition) is 2. The fraction of sp³-hybridized carbons (Fsp3) is 0.0714. The lowest BCUT2D eigenvalue weighted by atomic mass is 10.2. The predicted octanol–water partition coefficient (Wildman–Crippen LogP) is 3.80. The SMILES string of the molecule is Fc1ccccc1Cn1ccnc1-c1cccs1. The molecular weight excluding hydrogens is 247 g/mol. The zero-order valence-corrected chi connectivity index (χ0v) is 10.4. The van der Waals surface area contributed by atoms with Gasteiger partial charge in [0.05, 0.1) is 11.4 Å². The van der Waals surface area contributed by atoms with E-state index in [0.29, 0.717) is 12.1 Å². The fourth-order valence-electron chi connectivity index (χ4n) is 1.88. The molecule has 4 heteroatoms. The van der Waals surface area contributed by atoms with E-state index in [0.717, 1.165) is 10.7 Å². The van der Waals surface area contributed by atoms with Crippen LogP contribution in [0.1, 0.15) is 5.56 Å². The van der Waals surface area contributed by atoms with Crippen LogP contribution < -0.4 is 0 Å². The first-order chi connectivity index (χ1) is 8.84. The van der Waals surface area contributed by atoms with Crippen molar-refractivity contribution in [2.45, 2.75) is 6.54 Å². The molecule has 0 aliphatic carbocycles. The lowest BCUT2D eigenvalue weighted by Crippen LogP contribution is -2.02. The molecule has 3 rings (SSSR count). The molecule has 0 fully saturated rings. The first-order valence-corrected chi connectivity index (χ1v) is 6.51. The summed E-state index contributed by atoms with van der Waals surface area (Å²) in [4.78, 5) is 5.43. The Morgan fingerprint density at radius 2 is 2.06 bits per heavy atom. The largest absolute Gasteiger partial charge is 0.326 e. The summed E-state index contributed by atoms with van der Waals surface area (Å²) < 4.78 is 15.6. The van der Waals surface area contributed by atoms with Crippen LogP contribution in [-0.4, -0.2) is 9.55 Å². The maximum atomic E-state index is 13.6. The van der Waals surface area contributed by atoms with Crippen LogP contribution in [-0.2, 0) is 6.54 Å². The molecular formula is C14H11FN2S. The van der Waals surface area contributed by atoms with E-state index in [1.54, 1.807) is 29.7 Å². The lowest BCUT2D eigenvalue weighted by Gasteiger charge is -2.07. The van der Waals surface area contributed by atoms with Gasteiger partial charge in [0, 0.05) is 18.0 Å². The van der Waals surface area contributed by atoms with Gasteiger partial charge in [-0.25, -0.2) is 9.37 Å². The van der Waals surface area contributed by atoms with Gasteiger partial charge < -0.3 is 4.57 Å². The summed E-state index contributed by atoms with van der Waals surface area (Å²) in [5.41, 5.74) is 0.674. The number of rotatable bonds is 3. The average Bonchev–Trinajstić information content (AvgIpc) is 3.02. The van der Waals surface area contributed by atoms with Crippen LogP contribution in [0, 0.1) is 5.82 Å². The molecule has 0 spiro atoms. The van der Waals surface area contributed by atoms with Gasteiger partial charge in [0.15, 0.2) is 0 Å². The van der Waals surface area contributed by atoms with Crippen molar-refractivity contribution in [1.29, 1.82) is 0 Å². The molecule has 18 heavy (non-hydrogen) atoms. The summed E-state index contributed by atoms with van der Waals surface area (Å²) in [5.74, 6) is 0.705. The van der Waals surface area contributed by atoms with Crippen LogP contribution in [0.15, 0.2) is 54.2 Å². The molecule has 90 valence electrons. The standard InChI is InChI=1S/C14H11FN2S/c15-12-5-2-1-4-11(12)10-17-8-7-16-14(17)13-6-3-9-18-13/h1-9H,10H2. The van der Waals surface area contributed by atoms with Crippen molar-refractivity contribution < 1.29 is 4.39 Å². The number of benzene rings is 1. The molecule has 0 saturated heterocycles. The highest BCUT2D eigenvalue weighted by Crippen LogP contribution is 2.23. The minimum Gasteiger partial charge on any atom is -0.326 e. The van der Waals surface area contributed by atoms with E-state index >= 15 is 0 Å². The van der Waals surface area contributed by atoms with Crippen molar-refractivity contribution in [1.82, 2.24) is 9.55 Å². The van der Waals surface area contributed by atoms with Gasteiger partial charge in [-0.15, -0.1) is 11.3 Å². The smallest absolute Gasteiger partial charge is 0.150 e. The van der Waals surface area contributed by atoms with Crippen LogP contribution in [0.3, 0.4) is 0 Å². The third-order valence-electron chi connectivity index (χ3n) is 2.76. The van der Waals surface area contributed by atoms with Crippen molar-refractivity contribution in [3.05, 3.63) is 65.6 Å². The molecule has 3 aromatic rings. The molecule has 0 saturated carbocycles. The van der Waals surface area contributed by atoms with Crippen molar-refractivity contribution in [2.24, 2.45) is 0 Å². The summed E-state index contributed by atoms with van der Waals surface area (Å²) >= 11 is 1.63. The highest BCUT2D eigenvalue weighted by molar-refractivity contribution is 7.13.